The van der Waals surface area contributed by atoms with E-state index in [1.54, 1.807) is 49.4 Å². The molecule has 1 unspecified atom stereocenters. The predicted octanol–water partition coefficient (Wildman–Crippen LogP) is 6.44. The second-order valence-electron chi connectivity index (χ2n) is 8.76. The van der Waals surface area contributed by atoms with Crippen LogP contribution in [0, 0.1) is 12.7 Å². The zero-order chi connectivity index (χ0) is 27.5. The van der Waals surface area contributed by atoms with Crippen LogP contribution in [0.25, 0.3) is 0 Å². The highest BCUT2D eigenvalue weighted by atomic mass is 32.2. The van der Waals surface area contributed by atoms with E-state index in [2.05, 4.69) is 10.2 Å². The first-order valence-electron chi connectivity index (χ1n) is 12.2. The second kappa shape index (κ2) is 11.4. The number of benzene rings is 2. The molecule has 0 spiro atoms. The zero-order valence-corrected chi connectivity index (χ0v) is 22.7. The molecular weight excluding hydrogens is 541 g/mol. The number of aryl methyl sites for hydroxylation is 1. The number of carbonyl (C=O) groups excluding carboxylic acids is 2. The fraction of sp³-hybridized carbons (Fsp3) is 0.214. The van der Waals surface area contributed by atoms with Crippen LogP contribution >= 0.6 is 23.1 Å². The Balaban J connectivity index is 1.47. The summed E-state index contributed by atoms with van der Waals surface area (Å²) in [4.78, 5) is 28.1. The van der Waals surface area contributed by atoms with Crippen molar-refractivity contribution in [1.82, 2.24) is 10.2 Å². The number of ether oxygens (including phenoxy) is 1. The smallest absolute Gasteiger partial charge is 0.296 e. The summed E-state index contributed by atoms with van der Waals surface area (Å²) in [7, 11) is 0. The summed E-state index contributed by atoms with van der Waals surface area (Å²) < 4.78 is 25.0. The van der Waals surface area contributed by atoms with Gasteiger partial charge in [0.15, 0.2) is 15.9 Å². The summed E-state index contributed by atoms with van der Waals surface area (Å²) in [5.74, 6) is -0.614. The molecule has 1 N–H and O–H groups in total. The van der Waals surface area contributed by atoms with Crippen molar-refractivity contribution in [2.75, 3.05) is 11.5 Å². The SMILES string of the molecule is CCCOc1ccc(C2C(C(=O)c3ccc(C)o3)=C(O)C(=O)N2c2nnc(SCc3ccc(F)cc3)s2)cc1. The van der Waals surface area contributed by atoms with E-state index in [0.717, 1.165) is 23.3 Å². The zero-order valence-electron chi connectivity index (χ0n) is 21.1. The number of furan rings is 1. The summed E-state index contributed by atoms with van der Waals surface area (Å²) >= 11 is 2.54. The van der Waals surface area contributed by atoms with Crippen LogP contribution < -0.4 is 9.64 Å². The number of thioether (sulfide) groups is 1. The molecule has 200 valence electrons. The van der Waals surface area contributed by atoms with E-state index in [0.29, 0.717) is 33.8 Å². The minimum Gasteiger partial charge on any atom is -0.503 e. The van der Waals surface area contributed by atoms with Crippen LogP contribution in [0.2, 0.25) is 0 Å². The Morgan fingerprint density at radius 3 is 2.54 bits per heavy atom. The highest BCUT2D eigenvalue weighted by Crippen LogP contribution is 2.44. The van der Waals surface area contributed by atoms with Gasteiger partial charge in [0.1, 0.15) is 17.3 Å². The van der Waals surface area contributed by atoms with Crippen molar-refractivity contribution in [2.45, 2.75) is 36.4 Å². The summed E-state index contributed by atoms with van der Waals surface area (Å²) in [6.45, 7) is 4.27. The van der Waals surface area contributed by atoms with Gasteiger partial charge in [-0.3, -0.25) is 14.5 Å². The van der Waals surface area contributed by atoms with Crippen LogP contribution in [0.1, 0.15) is 46.8 Å². The third kappa shape index (κ3) is 5.59. The number of anilines is 1. The third-order valence-electron chi connectivity index (χ3n) is 5.96. The molecule has 0 radical (unpaired) electrons. The van der Waals surface area contributed by atoms with Crippen molar-refractivity contribution in [3.05, 3.63) is 100 Å². The first kappa shape index (κ1) is 26.6. The number of hydrogen-bond donors (Lipinski definition) is 1. The first-order valence-corrected chi connectivity index (χ1v) is 14.0. The van der Waals surface area contributed by atoms with Gasteiger partial charge in [0, 0.05) is 5.75 Å². The monoisotopic (exact) mass is 565 g/mol. The molecule has 0 fully saturated rings. The largest absolute Gasteiger partial charge is 0.503 e. The van der Waals surface area contributed by atoms with Gasteiger partial charge < -0.3 is 14.3 Å². The van der Waals surface area contributed by atoms with Crippen molar-refractivity contribution in [1.29, 1.82) is 0 Å². The molecule has 0 aliphatic carbocycles. The number of aliphatic hydroxyl groups is 1. The Labute approximate surface area is 232 Å². The maximum absolute atomic E-state index is 13.5. The van der Waals surface area contributed by atoms with E-state index >= 15 is 0 Å². The van der Waals surface area contributed by atoms with Gasteiger partial charge in [0.2, 0.25) is 10.9 Å². The number of halogens is 1. The van der Waals surface area contributed by atoms with E-state index in [-0.39, 0.29) is 22.3 Å². The van der Waals surface area contributed by atoms with Crippen LogP contribution in [0.4, 0.5) is 9.52 Å². The van der Waals surface area contributed by atoms with Crippen molar-refractivity contribution < 1.29 is 28.2 Å². The molecule has 1 atom stereocenters. The minimum absolute atomic E-state index is 0.0180. The highest BCUT2D eigenvalue weighted by Gasteiger charge is 2.46. The topological polar surface area (TPSA) is 106 Å². The molecule has 4 aromatic rings. The average molecular weight is 566 g/mol. The normalized spacial score (nSPS) is 15.3. The maximum atomic E-state index is 13.5. The molecule has 11 heteroatoms. The fourth-order valence-corrected chi connectivity index (χ4v) is 5.91. The molecule has 1 amide bonds. The molecular formula is C28H24FN3O5S2. The van der Waals surface area contributed by atoms with Gasteiger partial charge in [-0.15, -0.1) is 10.2 Å². The van der Waals surface area contributed by atoms with Gasteiger partial charge in [-0.2, -0.15) is 0 Å². The molecule has 0 bridgehead atoms. The Morgan fingerprint density at radius 1 is 1.13 bits per heavy atom. The Kier molecular flexibility index (Phi) is 7.80. The van der Waals surface area contributed by atoms with Gasteiger partial charge in [-0.25, -0.2) is 4.39 Å². The van der Waals surface area contributed by atoms with E-state index in [1.165, 1.54) is 34.9 Å². The number of Topliss-reactive ketones (excluding diaryl/α,β-unsaturated/α-hetero) is 1. The molecule has 3 heterocycles. The lowest BCUT2D eigenvalue weighted by Crippen LogP contribution is -2.31. The summed E-state index contributed by atoms with van der Waals surface area (Å²) in [5.41, 5.74) is 1.38. The van der Waals surface area contributed by atoms with Crippen LogP contribution in [-0.2, 0) is 10.5 Å². The maximum Gasteiger partial charge on any atom is 0.296 e. The molecule has 8 nitrogen and oxygen atoms in total. The van der Waals surface area contributed by atoms with Crippen LogP contribution in [0.5, 0.6) is 5.75 Å². The van der Waals surface area contributed by atoms with E-state index in [9.17, 15) is 19.1 Å². The lowest BCUT2D eigenvalue weighted by molar-refractivity contribution is -0.117. The van der Waals surface area contributed by atoms with Gasteiger partial charge >= 0.3 is 0 Å². The van der Waals surface area contributed by atoms with E-state index < -0.39 is 23.5 Å². The number of amides is 1. The van der Waals surface area contributed by atoms with Crippen molar-refractivity contribution in [2.24, 2.45) is 0 Å². The number of ketones is 1. The number of hydrogen-bond acceptors (Lipinski definition) is 9. The number of nitrogens with zero attached hydrogens (tertiary/aromatic N) is 3. The van der Waals surface area contributed by atoms with Gasteiger partial charge in [0.05, 0.1) is 18.2 Å². The van der Waals surface area contributed by atoms with Crippen molar-refractivity contribution >= 4 is 39.9 Å². The second-order valence-corrected chi connectivity index (χ2v) is 10.9. The van der Waals surface area contributed by atoms with Gasteiger partial charge in [0.25, 0.3) is 5.91 Å². The molecule has 1 aliphatic heterocycles. The Morgan fingerprint density at radius 2 is 1.87 bits per heavy atom. The third-order valence-corrected chi connectivity index (χ3v) is 8.09. The molecule has 39 heavy (non-hydrogen) atoms. The Hall–Kier alpha value is -3.96. The van der Waals surface area contributed by atoms with Crippen LogP contribution in [0.15, 0.2) is 80.8 Å². The average Bonchev–Trinajstić information content (AvgIpc) is 3.65. The van der Waals surface area contributed by atoms with Crippen LogP contribution in [-0.4, -0.2) is 33.6 Å². The number of aliphatic hydroxyl groups excluding tert-OH is 1. The molecule has 5 rings (SSSR count). The first-order chi connectivity index (χ1) is 18.9. The Bertz CT molecular complexity index is 1530. The number of rotatable bonds is 10. The summed E-state index contributed by atoms with van der Waals surface area (Å²) in [5, 5.41) is 19.6. The quantitative estimate of drug-likeness (QED) is 0.133. The molecule has 2 aromatic heterocycles. The van der Waals surface area contributed by atoms with Crippen LogP contribution in [0.3, 0.4) is 0 Å². The molecule has 1 aliphatic rings. The minimum atomic E-state index is -0.960. The van der Waals surface area contributed by atoms with E-state index in [1.807, 2.05) is 6.92 Å². The predicted molar refractivity (Wildman–Crippen MR) is 146 cm³/mol. The van der Waals surface area contributed by atoms with Crippen molar-refractivity contribution in [3.8, 4) is 5.75 Å². The molecule has 0 saturated heterocycles. The number of aromatic nitrogens is 2. The molecule has 2 aromatic carbocycles. The summed E-state index contributed by atoms with van der Waals surface area (Å²) in [6, 6.07) is 15.4. The highest BCUT2D eigenvalue weighted by molar-refractivity contribution is 8.00. The van der Waals surface area contributed by atoms with E-state index in [4.69, 9.17) is 9.15 Å². The lowest BCUT2D eigenvalue weighted by Gasteiger charge is -2.24. The number of carbonyl (C=O) groups is 2. The van der Waals surface area contributed by atoms with Crippen molar-refractivity contribution in [3.63, 3.8) is 0 Å². The lowest BCUT2D eigenvalue weighted by atomic mass is 9.95. The van der Waals surface area contributed by atoms with Gasteiger partial charge in [-0.1, -0.05) is 54.3 Å². The fourth-order valence-electron chi connectivity index (χ4n) is 4.09. The standard InChI is InChI=1S/C28H24FN3O5S2/c1-3-14-36-20-11-7-18(8-12-20)23-22(24(33)21-13-4-16(2)37-21)25(34)26(35)32(23)27-30-31-28(39-27)38-15-17-5-9-19(29)10-6-17/h4-13,23,34H,3,14-15H2,1-2H3. The molecule has 0 saturated carbocycles. The van der Waals surface area contributed by atoms with Gasteiger partial charge in [-0.05, 0) is 60.9 Å². The summed E-state index contributed by atoms with van der Waals surface area (Å²) in [6.07, 6.45) is 0.850.